The van der Waals surface area contributed by atoms with Gasteiger partial charge in [-0.3, -0.25) is 0 Å². The number of halogens is 1. The number of hydrogen-bond donors (Lipinski definition) is 1. The second-order valence-electron chi connectivity index (χ2n) is 5.38. The Hall–Kier alpha value is -0.730. The van der Waals surface area contributed by atoms with E-state index < -0.39 is 0 Å². The second-order valence-corrected chi connectivity index (χ2v) is 5.79. The first-order chi connectivity index (χ1) is 7.95. The summed E-state index contributed by atoms with van der Waals surface area (Å²) in [6.07, 6.45) is 3.16. The number of benzene rings is 1. The summed E-state index contributed by atoms with van der Waals surface area (Å²) in [5, 5.41) is 0.677. The van der Waals surface area contributed by atoms with Crippen molar-refractivity contribution < 1.29 is 4.74 Å². The van der Waals surface area contributed by atoms with Gasteiger partial charge >= 0.3 is 0 Å². The Morgan fingerprint density at radius 1 is 1.41 bits per heavy atom. The molecule has 1 aliphatic rings. The zero-order valence-electron chi connectivity index (χ0n) is 10.7. The molecule has 17 heavy (non-hydrogen) atoms. The van der Waals surface area contributed by atoms with Gasteiger partial charge in [-0.2, -0.15) is 0 Å². The Morgan fingerprint density at radius 2 is 2.06 bits per heavy atom. The Kier molecular flexibility index (Phi) is 3.37. The highest BCUT2D eigenvalue weighted by molar-refractivity contribution is 6.32. The average Bonchev–Trinajstić information content (AvgIpc) is 2.96. The largest absolute Gasteiger partial charge is 0.495 e. The lowest BCUT2D eigenvalue weighted by atomic mass is 9.92. The van der Waals surface area contributed by atoms with Crippen LogP contribution in [0.25, 0.3) is 0 Å². The van der Waals surface area contributed by atoms with E-state index in [-0.39, 0.29) is 5.54 Å². The van der Waals surface area contributed by atoms with Crippen LogP contribution in [0, 0.1) is 0 Å². The zero-order chi connectivity index (χ0) is 12.6. The summed E-state index contributed by atoms with van der Waals surface area (Å²) in [5.41, 5.74) is 8.77. The number of hydrogen-bond acceptors (Lipinski definition) is 2. The third-order valence-corrected chi connectivity index (χ3v) is 3.77. The summed E-state index contributed by atoms with van der Waals surface area (Å²) < 4.78 is 5.27. The van der Waals surface area contributed by atoms with Gasteiger partial charge in [-0.15, -0.1) is 0 Å². The molecule has 0 saturated heterocycles. The molecule has 1 aromatic rings. The molecule has 0 unspecified atom stereocenters. The monoisotopic (exact) mass is 253 g/mol. The van der Waals surface area contributed by atoms with Crippen LogP contribution in [0.4, 0.5) is 0 Å². The van der Waals surface area contributed by atoms with Crippen LogP contribution in [0.2, 0.25) is 5.02 Å². The van der Waals surface area contributed by atoms with E-state index in [1.807, 2.05) is 12.1 Å². The van der Waals surface area contributed by atoms with Gasteiger partial charge in [0.05, 0.1) is 12.1 Å². The molecule has 2 rings (SSSR count). The standard InChI is InChI=1S/C14H20ClNO/c1-9(2)11-7-13(17-3)12(15)6-10(11)8-14(16)4-5-14/h6-7,9H,4-5,8,16H2,1-3H3. The highest BCUT2D eigenvalue weighted by Crippen LogP contribution is 2.39. The van der Waals surface area contributed by atoms with E-state index in [2.05, 4.69) is 13.8 Å². The van der Waals surface area contributed by atoms with Crippen molar-refractivity contribution >= 4 is 11.6 Å². The summed E-state index contributed by atoms with van der Waals surface area (Å²) in [5.74, 6) is 1.21. The predicted octanol–water partition coefficient (Wildman–Crippen LogP) is 3.51. The molecule has 1 saturated carbocycles. The third-order valence-electron chi connectivity index (χ3n) is 3.47. The van der Waals surface area contributed by atoms with E-state index in [1.54, 1.807) is 7.11 Å². The highest BCUT2D eigenvalue weighted by atomic mass is 35.5. The van der Waals surface area contributed by atoms with Crippen molar-refractivity contribution in [3.63, 3.8) is 0 Å². The van der Waals surface area contributed by atoms with Crippen molar-refractivity contribution in [1.82, 2.24) is 0 Å². The van der Waals surface area contributed by atoms with Crippen LogP contribution in [-0.2, 0) is 6.42 Å². The SMILES string of the molecule is COc1cc(C(C)C)c(CC2(N)CC2)cc1Cl. The van der Waals surface area contributed by atoms with E-state index in [9.17, 15) is 0 Å². The molecule has 1 fully saturated rings. The molecule has 0 heterocycles. The zero-order valence-corrected chi connectivity index (χ0v) is 11.5. The molecule has 1 aliphatic carbocycles. The molecule has 2 nitrogen and oxygen atoms in total. The minimum absolute atomic E-state index is 0.0154. The molecule has 3 heteroatoms. The fraction of sp³-hybridized carbons (Fsp3) is 0.571. The molecule has 0 radical (unpaired) electrons. The molecule has 1 aromatic carbocycles. The lowest BCUT2D eigenvalue weighted by Gasteiger charge is -2.18. The van der Waals surface area contributed by atoms with Crippen molar-refractivity contribution in [2.24, 2.45) is 5.73 Å². The smallest absolute Gasteiger partial charge is 0.137 e. The molecule has 0 bridgehead atoms. The van der Waals surface area contributed by atoms with Crippen molar-refractivity contribution in [1.29, 1.82) is 0 Å². The van der Waals surface area contributed by atoms with Crippen LogP contribution in [0.5, 0.6) is 5.75 Å². The molecule has 94 valence electrons. The quantitative estimate of drug-likeness (QED) is 0.891. The van der Waals surface area contributed by atoms with Gasteiger partial charge in [-0.1, -0.05) is 25.4 Å². The van der Waals surface area contributed by atoms with Crippen LogP contribution in [0.3, 0.4) is 0 Å². The van der Waals surface area contributed by atoms with Gasteiger partial charge in [-0.05, 0) is 48.4 Å². The molecule has 0 aliphatic heterocycles. The average molecular weight is 254 g/mol. The molecule has 0 spiro atoms. The van der Waals surface area contributed by atoms with Gasteiger partial charge in [0, 0.05) is 5.54 Å². The molecular weight excluding hydrogens is 234 g/mol. The van der Waals surface area contributed by atoms with E-state index in [1.165, 1.54) is 11.1 Å². The van der Waals surface area contributed by atoms with Gasteiger partial charge in [0.15, 0.2) is 0 Å². The maximum atomic E-state index is 6.19. The lowest BCUT2D eigenvalue weighted by molar-refractivity contribution is 0.414. The van der Waals surface area contributed by atoms with E-state index in [0.717, 1.165) is 25.0 Å². The fourth-order valence-electron chi connectivity index (χ4n) is 2.17. The predicted molar refractivity (Wildman–Crippen MR) is 71.9 cm³/mol. The van der Waals surface area contributed by atoms with Crippen LogP contribution in [0.1, 0.15) is 43.7 Å². The topological polar surface area (TPSA) is 35.2 Å². The van der Waals surface area contributed by atoms with Crippen molar-refractivity contribution in [3.8, 4) is 5.75 Å². The van der Waals surface area contributed by atoms with E-state index >= 15 is 0 Å². The van der Waals surface area contributed by atoms with Crippen LogP contribution in [0.15, 0.2) is 12.1 Å². The first kappa shape index (κ1) is 12.7. The molecule has 0 aromatic heterocycles. The van der Waals surface area contributed by atoms with Gasteiger partial charge in [-0.25, -0.2) is 0 Å². The molecule has 0 atom stereocenters. The van der Waals surface area contributed by atoms with E-state index in [0.29, 0.717) is 10.9 Å². The highest BCUT2D eigenvalue weighted by Gasteiger charge is 2.38. The minimum atomic E-state index is 0.0154. The van der Waals surface area contributed by atoms with Gasteiger partial charge in [0.1, 0.15) is 5.75 Å². The Morgan fingerprint density at radius 3 is 2.53 bits per heavy atom. The van der Waals surface area contributed by atoms with Gasteiger partial charge in [0.2, 0.25) is 0 Å². The van der Waals surface area contributed by atoms with Gasteiger partial charge < -0.3 is 10.5 Å². The summed E-state index contributed by atoms with van der Waals surface area (Å²) >= 11 is 6.19. The van der Waals surface area contributed by atoms with Crippen LogP contribution >= 0.6 is 11.6 Å². The number of nitrogens with two attached hydrogens (primary N) is 1. The maximum Gasteiger partial charge on any atom is 0.137 e. The first-order valence-electron chi connectivity index (χ1n) is 6.10. The molecule has 0 amide bonds. The fourth-order valence-corrected chi connectivity index (χ4v) is 2.44. The summed E-state index contributed by atoms with van der Waals surface area (Å²) in [6.45, 7) is 4.37. The third kappa shape index (κ3) is 2.75. The number of rotatable bonds is 4. The number of methoxy groups -OCH3 is 1. The van der Waals surface area contributed by atoms with Crippen molar-refractivity contribution in [3.05, 3.63) is 28.3 Å². The molecule has 2 N–H and O–H groups in total. The Labute approximate surface area is 108 Å². The minimum Gasteiger partial charge on any atom is -0.495 e. The van der Waals surface area contributed by atoms with Crippen molar-refractivity contribution in [2.45, 2.75) is 44.6 Å². The first-order valence-corrected chi connectivity index (χ1v) is 6.48. The second kappa shape index (κ2) is 4.51. The van der Waals surface area contributed by atoms with Crippen molar-refractivity contribution in [2.75, 3.05) is 7.11 Å². The Bertz CT molecular complexity index is 424. The summed E-state index contributed by atoms with van der Waals surface area (Å²) in [6, 6.07) is 4.07. The van der Waals surface area contributed by atoms with Gasteiger partial charge in [0.25, 0.3) is 0 Å². The number of ether oxygens (including phenoxy) is 1. The lowest BCUT2D eigenvalue weighted by Crippen LogP contribution is -2.25. The van der Waals surface area contributed by atoms with Crippen LogP contribution < -0.4 is 10.5 Å². The summed E-state index contributed by atoms with van der Waals surface area (Å²) in [4.78, 5) is 0. The summed E-state index contributed by atoms with van der Waals surface area (Å²) in [7, 11) is 1.65. The van der Waals surface area contributed by atoms with E-state index in [4.69, 9.17) is 22.1 Å². The molecular formula is C14H20ClNO. The maximum absolute atomic E-state index is 6.19. The normalized spacial score (nSPS) is 17.3. The van der Waals surface area contributed by atoms with Crippen LogP contribution in [-0.4, -0.2) is 12.6 Å². The Balaban J connectivity index is 2.38.